The zero-order valence-electron chi connectivity index (χ0n) is 15.8. The molecule has 134 valence electrons. The van der Waals surface area contributed by atoms with Gasteiger partial charge in [-0.2, -0.15) is 0 Å². The summed E-state index contributed by atoms with van der Waals surface area (Å²) in [4.78, 5) is 14.3. The molecular formula is C19H31N3O2. The number of carbonyl (C=O) groups is 1. The van der Waals surface area contributed by atoms with Crippen LogP contribution in [-0.4, -0.2) is 42.2 Å². The summed E-state index contributed by atoms with van der Waals surface area (Å²) in [5.74, 6) is 0.824. The molecule has 0 bridgehead atoms. The fraction of sp³-hybridized carbons (Fsp3) is 0.632. The van der Waals surface area contributed by atoms with Crippen LogP contribution in [0.1, 0.15) is 46.1 Å². The first kappa shape index (κ1) is 18.6. The highest BCUT2D eigenvalue weighted by Gasteiger charge is 2.38. The summed E-state index contributed by atoms with van der Waals surface area (Å²) < 4.78 is 5.16. The SMILES string of the molecule is COc1ccc(CN(C)C(=O)NC2CC(C)(C)NC(C)(C)C2)cc1. The normalized spacial score (nSPS) is 19.6. The van der Waals surface area contributed by atoms with E-state index in [2.05, 4.69) is 38.3 Å². The molecule has 0 aromatic heterocycles. The number of amides is 2. The average Bonchev–Trinajstić information content (AvgIpc) is 2.44. The number of hydrogen-bond donors (Lipinski definition) is 2. The molecule has 0 spiro atoms. The summed E-state index contributed by atoms with van der Waals surface area (Å²) in [6.07, 6.45) is 1.86. The Bertz CT molecular complexity index is 550. The van der Waals surface area contributed by atoms with Gasteiger partial charge in [0.2, 0.25) is 0 Å². The van der Waals surface area contributed by atoms with Gasteiger partial charge in [0.15, 0.2) is 0 Å². The lowest BCUT2D eigenvalue weighted by molar-refractivity contribution is 0.140. The summed E-state index contributed by atoms with van der Waals surface area (Å²) in [7, 11) is 3.48. The van der Waals surface area contributed by atoms with E-state index in [1.54, 1.807) is 12.0 Å². The van der Waals surface area contributed by atoms with Crippen LogP contribution in [-0.2, 0) is 6.54 Å². The highest BCUT2D eigenvalue weighted by molar-refractivity contribution is 5.74. The molecule has 5 nitrogen and oxygen atoms in total. The van der Waals surface area contributed by atoms with E-state index in [-0.39, 0.29) is 23.2 Å². The second-order valence-electron chi connectivity index (χ2n) is 8.15. The number of nitrogens with zero attached hydrogens (tertiary/aromatic N) is 1. The molecule has 1 fully saturated rings. The molecule has 1 aromatic carbocycles. The van der Waals surface area contributed by atoms with Crippen molar-refractivity contribution in [2.45, 2.75) is 64.2 Å². The quantitative estimate of drug-likeness (QED) is 0.890. The van der Waals surface area contributed by atoms with Gasteiger partial charge in [0.05, 0.1) is 7.11 Å². The molecule has 2 N–H and O–H groups in total. The van der Waals surface area contributed by atoms with Gasteiger partial charge < -0.3 is 20.3 Å². The number of carbonyl (C=O) groups excluding carboxylic acids is 1. The Morgan fingerprint density at radius 1 is 1.21 bits per heavy atom. The van der Waals surface area contributed by atoms with Crippen LogP contribution in [0.3, 0.4) is 0 Å². The van der Waals surface area contributed by atoms with Crippen LogP contribution in [0.25, 0.3) is 0 Å². The van der Waals surface area contributed by atoms with Gasteiger partial charge in [-0.05, 0) is 58.2 Å². The molecular weight excluding hydrogens is 302 g/mol. The monoisotopic (exact) mass is 333 g/mol. The molecule has 0 saturated carbocycles. The summed E-state index contributed by atoms with van der Waals surface area (Å²) in [6.45, 7) is 9.33. The Kier molecular flexibility index (Phi) is 5.43. The predicted octanol–water partition coefficient (Wildman–Crippen LogP) is 3.15. The van der Waals surface area contributed by atoms with Crippen LogP contribution in [0.15, 0.2) is 24.3 Å². The molecule has 2 rings (SSSR count). The zero-order valence-corrected chi connectivity index (χ0v) is 15.8. The molecule has 1 aromatic rings. The van der Waals surface area contributed by atoms with Crippen LogP contribution >= 0.6 is 0 Å². The van der Waals surface area contributed by atoms with Gasteiger partial charge in [-0.15, -0.1) is 0 Å². The highest BCUT2D eigenvalue weighted by atomic mass is 16.5. The van der Waals surface area contributed by atoms with Gasteiger partial charge in [0.1, 0.15) is 5.75 Å². The highest BCUT2D eigenvalue weighted by Crippen LogP contribution is 2.28. The van der Waals surface area contributed by atoms with Crippen molar-refractivity contribution in [3.8, 4) is 5.75 Å². The Labute approximate surface area is 145 Å². The number of ether oxygens (including phenoxy) is 1. The van der Waals surface area contributed by atoms with Crippen LogP contribution in [0.5, 0.6) is 5.75 Å². The third-order valence-electron chi connectivity index (χ3n) is 4.44. The maximum Gasteiger partial charge on any atom is 0.317 e. The van der Waals surface area contributed by atoms with Crippen LogP contribution in [0.2, 0.25) is 0 Å². The van der Waals surface area contributed by atoms with E-state index < -0.39 is 0 Å². The Morgan fingerprint density at radius 3 is 2.25 bits per heavy atom. The molecule has 1 aliphatic heterocycles. The Hall–Kier alpha value is -1.75. The summed E-state index contributed by atoms with van der Waals surface area (Å²) in [6, 6.07) is 7.96. The molecule has 0 unspecified atom stereocenters. The van der Waals surface area contributed by atoms with Crippen molar-refractivity contribution in [2.24, 2.45) is 0 Å². The van der Waals surface area contributed by atoms with Gasteiger partial charge >= 0.3 is 6.03 Å². The lowest BCUT2D eigenvalue weighted by atomic mass is 9.80. The standard InChI is InChI=1S/C19H31N3O2/c1-18(2)11-15(12-19(3,4)21-18)20-17(23)22(5)13-14-7-9-16(24-6)10-8-14/h7-10,15,21H,11-13H2,1-6H3,(H,20,23). The second kappa shape index (κ2) is 7.01. The first-order valence-electron chi connectivity index (χ1n) is 8.54. The van der Waals surface area contributed by atoms with E-state index in [0.29, 0.717) is 6.54 Å². The van der Waals surface area contributed by atoms with E-state index in [1.807, 2.05) is 31.3 Å². The molecule has 24 heavy (non-hydrogen) atoms. The van der Waals surface area contributed by atoms with Gasteiger partial charge in [-0.25, -0.2) is 4.79 Å². The lowest BCUT2D eigenvalue weighted by Crippen LogP contribution is -2.62. The van der Waals surface area contributed by atoms with Crippen molar-refractivity contribution in [2.75, 3.05) is 14.2 Å². The first-order valence-corrected chi connectivity index (χ1v) is 8.54. The van der Waals surface area contributed by atoms with Gasteiger partial charge in [0.25, 0.3) is 0 Å². The van der Waals surface area contributed by atoms with Crippen molar-refractivity contribution < 1.29 is 9.53 Å². The maximum atomic E-state index is 12.5. The van der Waals surface area contributed by atoms with E-state index in [4.69, 9.17) is 4.74 Å². The van der Waals surface area contributed by atoms with E-state index in [0.717, 1.165) is 24.2 Å². The number of methoxy groups -OCH3 is 1. The molecule has 1 heterocycles. The Morgan fingerprint density at radius 2 is 1.75 bits per heavy atom. The van der Waals surface area contributed by atoms with E-state index in [9.17, 15) is 4.79 Å². The first-order chi connectivity index (χ1) is 11.1. The van der Waals surface area contributed by atoms with Crippen molar-refractivity contribution in [1.29, 1.82) is 0 Å². The average molecular weight is 333 g/mol. The minimum absolute atomic E-state index is 0.0221. The van der Waals surface area contributed by atoms with E-state index in [1.165, 1.54) is 0 Å². The fourth-order valence-electron chi connectivity index (χ4n) is 3.79. The number of nitrogens with one attached hydrogen (secondary N) is 2. The van der Waals surface area contributed by atoms with Crippen LogP contribution in [0, 0.1) is 0 Å². The van der Waals surface area contributed by atoms with Crippen molar-refractivity contribution in [3.63, 3.8) is 0 Å². The third kappa shape index (κ3) is 5.13. The van der Waals surface area contributed by atoms with Crippen molar-refractivity contribution in [3.05, 3.63) is 29.8 Å². The third-order valence-corrected chi connectivity index (χ3v) is 4.44. The maximum absolute atomic E-state index is 12.5. The topological polar surface area (TPSA) is 53.6 Å². The minimum atomic E-state index is -0.0238. The summed E-state index contributed by atoms with van der Waals surface area (Å²) in [5, 5.41) is 6.83. The van der Waals surface area contributed by atoms with Gasteiger partial charge in [-0.3, -0.25) is 0 Å². The molecule has 0 aliphatic carbocycles. The predicted molar refractivity (Wildman–Crippen MR) is 97.3 cm³/mol. The molecule has 2 amide bonds. The molecule has 1 aliphatic rings. The lowest BCUT2D eigenvalue weighted by Gasteiger charge is -2.46. The zero-order chi connectivity index (χ0) is 18.0. The molecule has 0 atom stereocenters. The van der Waals surface area contributed by atoms with Crippen molar-refractivity contribution >= 4 is 6.03 Å². The fourth-order valence-corrected chi connectivity index (χ4v) is 3.79. The van der Waals surface area contributed by atoms with Crippen LogP contribution in [0.4, 0.5) is 4.79 Å². The number of urea groups is 1. The van der Waals surface area contributed by atoms with Crippen LogP contribution < -0.4 is 15.4 Å². The number of hydrogen-bond acceptors (Lipinski definition) is 3. The Balaban J connectivity index is 1.93. The summed E-state index contributed by atoms with van der Waals surface area (Å²) >= 11 is 0. The molecule has 1 saturated heterocycles. The number of piperidine rings is 1. The number of benzene rings is 1. The smallest absolute Gasteiger partial charge is 0.317 e. The molecule has 5 heteroatoms. The largest absolute Gasteiger partial charge is 0.497 e. The van der Waals surface area contributed by atoms with Crippen molar-refractivity contribution in [1.82, 2.24) is 15.5 Å². The number of rotatable bonds is 4. The molecule has 0 radical (unpaired) electrons. The van der Waals surface area contributed by atoms with E-state index >= 15 is 0 Å². The van der Waals surface area contributed by atoms with Gasteiger partial charge in [0, 0.05) is 30.7 Å². The minimum Gasteiger partial charge on any atom is -0.497 e. The summed E-state index contributed by atoms with van der Waals surface area (Å²) in [5.41, 5.74) is 1.13. The second-order valence-corrected chi connectivity index (χ2v) is 8.15. The van der Waals surface area contributed by atoms with Gasteiger partial charge in [-0.1, -0.05) is 12.1 Å².